The van der Waals surface area contributed by atoms with Gasteiger partial charge in [-0.05, 0) is 50.3 Å². The molecule has 0 radical (unpaired) electrons. The van der Waals surface area contributed by atoms with E-state index in [4.69, 9.17) is 20.4 Å². The van der Waals surface area contributed by atoms with Crippen LogP contribution in [0.1, 0.15) is 42.1 Å². The molecular formula is C26H29N5O2. The third-order valence-electron chi connectivity index (χ3n) is 6.32. The predicted octanol–water partition coefficient (Wildman–Crippen LogP) is 4.10. The van der Waals surface area contributed by atoms with Gasteiger partial charge < -0.3 is 20.4 Å². The van der Waals surface area contributed by atoms with Crippen molar-refractivity contribution in [3.63, 3.8) is 0 Å². The molecule has 1 saturated heterocycles. The number of benzene rings is 2. The Kier molecular flexibility index (Phi) is 5.96. The minimum atomic E-state index is -0.214. The lowest BCUT2D eigenvalue weighted by Gasteiger charge is -2.15. The molecule has 2 atom stereocenters. The lowest BCUT2D eigenvalue weighted by atomic mass is 10.1. The summed E-state index contributed by atoms with van der Waals surface area (Å²) in [6.07, 6.45) is 3.79. The number of nitrogens with one attached hydrogen (secondary N) is 1. The highest BCUT2D eigenvalue weighted by Gasteiger charge is 2.27. The molecule has 1 aliphatic heterocycles. The molecule has 2 aromatic heterocycles. The van der Waals surface area contributed by atoms with Crippen LogP contribution in [0, 0.1) is 0 Å². The molecule has 170 valence electrons. The zero-order valence-electron chi connectivity index (χ0n) is 18.8. The Morgan fingerprint density at radius 1 is 1.15 bits per heavy atom. The highest BCUT2D eigenvalue weighted by Crippen LogP contribution is 2.29. The summed E-state index contributed by atoms with van der Waals surface area (Å²) >= 11 is 0. The summed E-state index contributed by atoms with van der Waals surface area (Å²) in [5.74, 6) is 0.178. The van der Waals surface area contributed by atoms with Gasteiger partial charge in [0.05, 0.1) is 23.7 Å². The molecule has 3 N–H and O–H groups in total. The van der Waals surface area contributed by atoms with Crippen molar-refractivity contribution in [2.75, 3.05) is 12.3 Å². The maximum absolute atomic E-state index is 13.4. The fourth-order valence-electron chi connectivity index (χ4n) is 4.51. The number of aryl methyl sites for hydroxylation is 1. The fourth-order valence-corrected chi connectivity index (χ4v) is 4.51. The van der Waals surface area contributed by atoms with E-state index in [-0.39, 0.29) is 18.1 Å². The number of nitrogen functional groups attached to an aromatic ring is 1. The van der Waals surface area contributed by atoms with E-state index >= 15 is 0 Å². The van der Waals surface area contributed by atoms with E-state index in [1.54, 1.807) is 0 Å². The maximum atomic E-state index is 13.4. The topological polar surface area (TPSA) is 95.1 Å². The van der Waals surface area contributed by atoms with Crippen LogP contribution in [-0.4, -0.2) is 39.2 Å². The van der Waals surface area contributed by atoms with Crippen molar-refractivity contribution in [3.05, 3.63) is 65.7 Å². The van der Waals surface area contributed by atoms with Gasteiger partial charge in [-0.2, -0.15) is 0 Å². The van der Waals surface area contributed by atoms with Crippen LogP contribution in [0.15, 0.2) is 54.6 Å². The Morgan fingerprint density at radius 3 is 2.61 bits per heavy atom. The Labute approximate surface area is 193 Å². The van der Waals surface area contributed by atoms with Crippen molar-refractivity contribution in [1.29, 1.82) is 0 Å². The molecule has 1 aliphatic rings. The van der Waals surface area contributed by atoms with Crippen LogP contribution in [0.4, 0.5) is 5.82 Å². The third-order valence-corrected chi connectivity index (χ3v) is 6.32. The number of amides is 1. The van der Waals surface area contributed by atoms with E-state index in [1.807, 2.05) is 54.0 Å². The first-order valence-electron chi connectivity index (χ1n) is 11.6. The molecule has 7 nitrogen and oxygen atoms in total. The number of nitrogens with zero attached hydrogens (tertiary/aromatic N) is 3. The summed E-state index contributed by atoms with van der Waals surface area (Å²) in [6, 6.07) is 17.9. The molecule has 0 saturated carbocycles. The van der Waals surface area contributed by atoms with Crippen LogP contribution in [0.3, 0.4) is 0 Å². The maximum Gasteiger partial charge on any atom is 0.257 e. The van der Waals surface area contributed by atoms with Gasteiger partial charge in [0.1, 0.15) is 16.9 Å². The van der Waals surface area contributed by atoms with Crippen LogP contribution < -0.4 is 11.1 Å². The van der Waals surface area contributed by atoms with Crippen LogP contribution in [-0.2, 0) is 17.7 Å². The lowest BCUT2D eigenvalue weighted by molar-refractivity contribution is 0.0936. The molecule has 3 heterocycles. The van der Waals surface area contributed by atoms with Crippen LogP contribution in [0.2, 0.25) is 0 Å². The smallest absolute Gasteiger partial charge is 0.257 e. The van der Waals surface area contributed by atoms with E-state index in [0.29, 0.717) is 29.1 Å². The number of fused-ring (bicyclic) bond motifs is 2. The van der Waals surface area contributed by atoms with Crippen molar-refractivity contribution < 1.29 is 9.53 Å². The Balaban J connectivity index is 1.46. The van der Waals surface area contributed by atoms with Crippen molar-refractivity contribution in [2.24, 2.45) is 0 Å². The molecule has 4 aromatic rings. The number of carbonyl (C=O) groups excluding carboxylic acids is 1. The molecule has 2 unspecified atom stereocenters. The second kappa shape index (κ2) is 9.19. The molecule has 7 heteroatoms. The van der Waals surface area contributed by atoms with Crippen molar-refractivity contribution in [3.8, 4) is 0 Å². The van der Waals surface area contributed by atoms with Crippen LogP contribution >= 0.6 is 0 Å². The first kappa shape index (κ1) is 21.4. The zero-order chi connectivity index (χ0) is 22.8. The average Bonchev–Trinajstić information content (AvgIpc) is 3.43. The number of anilines is 1. The highest BCUT2D eigenvalue weighted by molar-refractivity contribution is 6.10. The third kappa shape index (κ3) is 4.41. The van der Waals surface area contributed by atoms with Gasteiger partial charge in [0, 0.05) is 12.6 Å². The number of aromatic nitrogens is 3. The number of nitrogens with two attached hydrogens (primary N) is 1. The van der Waals surface area contributed by atoms with E-state index in [9.17, 15) is 4.79 Å². The number of carbonyl (C=O) groups is 1. The molecule has 2 aromatic carbocycles. The zero-order valence-corrected chi connectivity index (χ0v) is 18.8. The predicted molar refractivity (Wildman–Crippen MR) is 130 cm³/mol. The Morgan fingerprint density at radius 2 is 1.88 bits per heavy atom. The molecule has 0 spiro atoms. The molecule has 33 heavy (non-hydrogen) atoms. The monoisotopic (exact) mass is 443 g/mol. The Bertz CT molecular complexity index is 1280. The SMILES string of the molecule is CC(CCc1ccccc1)NC(=O)c1c(N)n(CC2CCCO2)c2nc3ccccc3nc12. The van der Waals surface area contributed by atoms with E-state index in [1.165, 1.54) is 5.56 Å². The first-order chi connectivity index (χ1) is 16.1. The largest absolute Gasteiger partial charge is 0.384 e. The van der Waals surface area contributed by atoms with Crippen LogP contribution in [0.25, 0.3) is 22.2 Å². The highest BCUT2D eigenvalue weighted by atomic mass is 16.5. The van der Waals surface area contributed by atoms with E-state index in [0.717, 1.165) is 43.3 Å². The van der Waals surface area contributed by atoms with E-state index < -0.39 is 0 Å². The summed E-state index contributed by atoms with van der Waals surface area (Å²) in [5.41, 5.74) is 10.9. The molecule has 1 amide bonds. The molecule has 5 rings (SSSR count). The molecule has 0 bridgehead atoms. The second-order valence-corrected chi connectivity index (χ2v) is 8.79. The Hall–Kier alpha value is -3.45. The van der Waals surface area contributed by atoms with Gasteiger partial charge in [0.2, 0.25) is 0 Å². The second-order valence-electron chi connectivity index (χ2n) is 8.79. The van der Waals surface area contributed by atoms with Crippen molar-refractivity contribution in [2.45, 2.75) is 51.3 Å². The normalized spacial score (nSPS) is 16.9. The van der Waals surface area contributed by atoms with Gasteiger partial charge in [0.25, 0.3) is 5.91 Å². The summed E-state index contributed by atoms with van der Waals surface area (Å²) in [6.45, 7) is 3.33. The quantitative estimate of drug-likeness (QED) is 0.448. The summed E-state index contributed by atoms with van der Waals surface area (Å²) < 4.78 is 7.73. The standard InChI is InChI=1S/C26H29N5O2/c1-17(13-14-18-8-3-2-4-9-18)28-26(32)22-23-25(30-21-12-6-5-11-20(21)29-23)31(24(22)27)16-19-10-7-15-33-19/h2-6,8-9,11-12,17,19H,7,10,13-16,27H2,1H3,(H,28,32). The number of ether oxygens (including phenoxy) is 1. The van der Waals surface area contributed by atoms with Crippen molar-refractivity contribution >= 4 is 33.9 Å². The minimum absolute atomic E-state index is 0.0120. The summed E-state index contributed by atoms with van der Waals surface area (Å²) in [7, 11) is 0. The summed E-state index contributed by atoms with van der Waals surface area (Å²) in [5, 5.41) is 3.12. The number of hydrogen-bond acceptors (Lipinski definition) is 5. The molecule has 1 fully saturated rings. The minimum Gasteiger partial charge on any atom is -0.384 e. The lowest BCUT2D eigenvalue weighted by Crippen LogP contribution is -2.33. The number of hydrogen-bond donors (Lipinski definition) is 2. The van der Waals surface area contributed by atoms with Gasteiger partial charge in [-0.3, -0.25) is 4.79 Å². The average molecular weight is 444 g/mol. The van der Waals surface area contributed by atoms with Gasteiger partial charge in [0.15, 0.2) is 5.65 Å². The number of rotatable bonds is 7. The molecule has 0 aliphatic carbocycles. The van der Waals surface area contributed by atoms with Gasteiger partial charge >= 0.3 is 0 Å². The summed E-state index contributed by atoms with van der Waals surface area (Å²) in [4.78, 5) is 23.0. The molecular weight excluding hydrogens is 414 g/mol. The van der Waals surface area contributed by atoms with Crippen LogP contribution in [0.5, 0.6) is 0 Å². The first-order valence-corrected chi connectivity index (χ1v) is 11.6. The fraction of sp³-hybridized carbons (Fsp3) is 0.346. The van der Waals surface area contributed by atoms with E-state index in [2.05, 4.69) is 17.4 Å². The van der Waals surface area contributed by atoms with Gasteiger partial charge in [-0.1, -0.05) is 42.5 Å². The van der Waals surface area contributed by atoms with Gasteiger partial charge in [-0.25, -0.2) is 9.97 Å². The number of para-hydroxylation sites is 2. The van der Waals surface area contributed by atoms with Crippen molar-refractivity contribution in [1.82, 2.24) is 19.9 Å². The van der Waals surface area contributed by atoms with Gasteiger partial charge in [-0.15, -0.1) is 0 Å².